The average Bonchev–Trinajstić information content (AvgIpc) is 3.41. The van der Waals surface area contributed by atoms with Crippen molar-refractivity contribution in [3.63, 3.8) is 0 Å². The fraction of sp³-hybridized carbons (Fsp3) is 0.250. The molecule has 1 fully saturated rings. The number of aromatic nitrogens is 1. The van der Waals surface area contributed by atoms with Crippen molar-refractivity contribution in [3.05, 3.63) is 75.9 Å². The van der Waals surface area contributed by atoms with E-state index in [1.807, 2.05) is 0 Å². The Bertz CT molecular complexity index is 1030. The van der Waals surface area contributed by atoms with Crippen molar-refractivity contribution >= 4 is 34.1 Å². The molecule has 1 atom stereocenters. The molecule has 0 saturated heterocycles. The van der Waals surface area contributed by atoms with E-state index in [0.717, 1.165) is 6.20 Å². The average molecular weight is 412 g/mol. The normalized spacial score (nSPS) is 18.3. The van der Waals surface area contributed by atoms with E-state index in [9.17, 15) is 18.3 Å². The number of hydrogen-bond donors (Lipinski definition) is 1. The van der Waals surface area contributed by atoms with Gasteiger partial charge < -0.3 is 5.11 Å². The van der Waals surface area contributed by atoms with Crippen molar-refractivity contribution in [2.45, 2.75) is 30.0 Å². The molecule has 0 spiro atoms. The number of fused-ring (bicyclic) bond motifs is 1. The van der Waals surface area contributed by atoms with E-state index >= 15 is 0 Å². The molecule has 1 N–H and O–H groups in total. The number of alkyl halides is 3. The molecule has 1 heterocycles. The summed E-state index contributed by atoms with van der Waals surface area (Å²) in [5, 5.41) is 12.1. The second-order valence-corrected chi connectivity index (χ2v) is 7.67. The van der Waals surface area contributed by atoms with E-state index in [2.05, 4.69) is 4.98 Å². The molecule has 27 heavy (non-hydrogen) atoms. The first-order valence-corrected chi connectivity index (χ1v) is 9.04. The Kier molecular flexibility index (Phi) is 4.18. The lowest BCUT2D eigenvalue weighted by Crippen LogP contribution is -2.52. The lowest BCUT2D eigenvalue weighted by atomic mass is 9.74. The number of aliphatic hydroxyl groups is 1. The number of nitrogens with zero attached hydrogens (tertiary/aromatic N) is 1. The highest BCUT2D eigenvalue weighted by Crippen LogP contribution is 2.65. The number of benzene rings is 2. The van der Waals surface area contributed by atoms with E-state index in [1.165, 1.54) is 24.3 Å². The summed E-state index contributed by atoms with van der Waals surface area (Å²) < 4.78 is 42.8. The van der Waals surface area contributed by atoms with Gasteiger partial charge in [0.15, 0.2) is 5.60 Å². The molecule has 2 nitrogen and oxygen atoms in total. The van der Waals surface area contributed by atoms with Crippen LogP contribution in [0.25, 0.3) is 10.9 Å². The van der Waals surface area contributed by atoms with Crippen LogP contribution in [0.15, 0.2) is 54.7 Å². The SMILES string of the molecule is OC(c1cnc2ccccc2c1)(C(F)(F)F)C1(c2ccc(Cl)cc2Cl)CC1. The summed E-state index contributed by atoms with van der Waals surface area (Å²) >= 11 is 12.1. The summed E-state index contributed by atoms with van der Waals surface area (Å²) in [5.41, 5.74) is -4.19. The van der Waals surface area contributed by atoms with Crippen LogP contribution in [-0.4, -0.2) is 16.3 Å². The molecule has 7 heteroatoms. The van der Waals surface area contributed by atoms with Crippen LogP contribution in [0.4, 0.5) is 13.2 Å². The zero-order valence-corrected chi connectivity index (χ0v) is 15.4. The number of rotatable bonds is 3. The van der Waals surface area contributed by atoms with Gasteiger partial charge in [-0.25, -0.2) is 0 Å². The number of hydrogen-bond acceptors (Lipinski definition) is 2. The molecular formula is C20H14Cl2F3NO. The van der Waals surface area contributed by atoms with Crippen molar-refractivity contribution in [2.24, 2.45) is 0 Å². The molecule has 2 aromatic carbocycles. The Hall–Kier alpha value is -1.82. The Labute approximate surface area is 163 Å². The van der Waals surface area contributed by atoms with E-state index in [4.69, 9.17) is 23.2 Å². The topological polar surface area (TPSA) is 33.1 Å². The van der Waals surface area contributed by atoms with Gasteiger partial charge in [-0.3, -0.25) is 4.98 Å². The van der Waals surface area contributed by atoms with Crippen molar-refractivity contribution in [1.29, 1.82) is 0 Å². The van der Waals surface area contributed by atoms with Crippen LogP contribution in [0.3, 0.4) is 0 Å². The van der Waals surface area contributed by atoms with Crippen LogP contribution in [0.2, 0.25) is 10.0 Å². The molecule has 1 aromatic heterocycles. The van der Waals surface area contributed by atoms with Gasteiger partial charge in [-0.15, -0.1) is 0 Å². The van der Waals surface area contributed by atoms with Gasteiger partial charge in [-0.05, 0) is 42.7 Å². The van der Waals surface area contributed by atoms with Gasteiger partial charge >= 0.3 is 6.18 Å². The zero-order chi connectivity index (χ0) is 19.4. The Morgan fingerprint density at radius 2 is 1.70 bits per heavy atom. The van der Waals surface area contributed by atoms with Gasteiger partial charge in [0.25, 0.3) is 0 Å². The molecule has 4 rings (SSSR count). The van der Waals surface area contributed by atoms with Gasteiger partial charge in [0.2, 0.25) is 0 Å². The Balaban J connectivity index is 1.95. The molecule has 0 bridgehead atoms. The van der Waals surface area contributed by atoms with Crippen LogP contribution in [-0.2, 0) is 11.0 Å². The van der Waals surface area contributed by atoms with E-state index in [-0.39, 0.29) is 29.0 Å². The lowest BCUT2D eigenvalue weighted by molar-refractivity contribution is -0.281. The lowest BCUT2D eigenvalue weighted by Gasteiger charge is -2.39. The molecule has 3 aromatic rings. The van der Waals surface area contributed by atoms with E-state index < -0.39 is 17.2 Å². The quantitative estimate of drug-likeness (QED) is 0.571. The summed E-state index contributed by atoms with van der Waals surface area (Å²) in [6.07, 6.45) is -3.52. The van der Waals surface area contributed by atoms with Crippen molar-refractivity contribution < 1.29 is 18.3 Å². The van der Waals surface area contributed by atoms with E-state index in [0.29, 0.717) is 15.9 Å². The van der Waals surface area contributed by atoms with Crippen molar-refractivity contribution in [2.75, 3.05) is 0 Å². The van der Waals surface area contributed by atoms with Crippen LogP contribution in [0.1, 0.15) is 24.0 Å². The van der Waals surface area contributed by atoms with Gasteiger partial charge in [-0.1, -0.05) is 47.5 Å². The second-order valence-electron chi connectivity index (χ2n) is 6.83. The van der Waals surface area contributed by atoms with Crippen LogP contribution in [0.5, 0.6) is 0 Å². The molecular weight excluding hydrogens is 398 g/mol. The molecule has 0 amide bonds. The van der Waals surface area contributed by atoms with Gasteiger partial charge in [0.05, 0.1) is 5.52 Å². The molecule has 1 aliphatic rings. The minimum atomic E-state index is -4.92. The summed E-state index contributed by atoms with van der Waals surface area (Å²) in [6, 6.07) is 12.5. The van der Waals surface area contributed by atoms with E-state index in [1.54, 1.807) is 24.3 Å². The Morgan fingerprint density at radius 1 is 1.00 bits per heavy atom. The first kappa shape index (κ1) is 18.5. The summed E-state index contributed by atoms with van der Waals surface area (Å²) in [6.45, 7) is 0. The minimum Gasteiger partial charge on any atom is -0.376 e. The minimum absolute atomic E-state index is 0.108. The van der Waals surface area contributed by atoms with Crippen LogP contribution >= 0.6 is 23.2 Å². The second kappa shape index (κ2) is 6.09. The third-order valence-corrected chi connectivity index (χ3v) is 5.86. The third kappa shape index (κ3) is 2.72. The molecule has 0 aliphatic heterocycles. The number of pyridine rings is 1. The monoisotopic (exact) mass is 411 g/mol. The van der Waals surface area contributed by atoms with Crippen LogP contribution < -0.4 is 0 Å². The highest BCUT2D eigenvalue weighted by molar-refractivity contribution is 6.35. The zero-order valence-electron chi connectivity index (χ0n) is 13.9. The summed E-state index contributed by atoms with van der Waals surface area (Å²) in [5.74, 6) is 0. The number of para-hydroxylation sites is 1. The molecule has 140 valence electrons. The first-order chi connectivity index (χ1) is 12.7. The van der Waals surface area contributed by atoms with Crippen molar-refractivity contribution in [3.8, 4) is 0 Å². The van der Waals surface area contributed by atoms with Crippen molar-refractivity contribution in [1.82, 2.24) is 4.98 Å². The fourth-order valence-corrected chi connectivity index (χ4v) is 4.40. The molecule has 1 aliphatic carbocycles. The molecule has 1 unspecified atom stereocenters. The predicted octanol–water partition coefficient (Wildman–Crippen LogP) is 6.02. The standard InChI is InChI=1S/C20H14Cl2F3NO/c21-14-5-6-15(16(22)10-14)18(7-8-18)19(27,20(23,24)25)13-9-12-3-1-2-4-17(12)26-11-13/h1-6,9-11,27H,7-8H2. The highest BCUT2D eigenvalue weighted by atomic mass is 35.5. The maximum Gasteiger partial charge on any atom is 0.422 e. The molecule has 1 saturated carbocycles. The highest BCUT2D eigenvalue weighted by Gasteiger charge is 2.73. The summed E-state index contributed by atoms with van der Waals surface area (Å²) in [4.78, 5) is 4.12. The largest absolute Gasteiger partial charge is 0.422 e. The van der Waals surface area contributed by atoms with Gasteiger partial charge in [0, 0.05) is 32.6 Å². The van der Waals surface area contributed by atoms with Gasteiger partial charge in [-0.2, -0.15) is 13.2 Å². The van der Waals surface area contributed by atoms with Crippen LogP contribution in [0, 0.1) is 0 Å². The summed E-state index contributed by atoms with van der Waals surface area (Å²) in [7, 11) is 0. The first-order valence-electron chi connectivity index (χ1n) is 8.29. The fourth-order valence-electron chi connectivity index (χ4n) is 3.81. The Morgan fingerprint density at radius 3 is 2.33 bits per heavy atom. The maximum atomic E-state index is 14.3. The number of halogens is 5. The molecule has 0 radical (unpaired) electrons. The maximum absolute atomic E-state index is 14.3. The smallest absolute Gasteiger partial charge is 0.376 e. The third-order valence-electron chi connectivity index (χ3n) is 5.31. The predicted molar refractivity (Wildman–Crippen MR) is 99.1 cm³/mol. The van der Waals surface area contributed by atoms with Gasteiger partial charge in [0.1, 0.15) is 0 Å².